The van der Waals surface area contributed by atoms with Gasteiger partial charge in [0.15, 0.2) is 0 Å². The van der Waals surface area contributed by atoms with Gasteiger partial charge >= 0.3 is 12.1 Å². The topological polar surface area (TPSA) is 145 Å². The van der Waals surface area contributed by atoms with Crippen molar-refractivity contribution >= 4 is 29.6 Å². The van der Waals surface area contributed by atoms with Crippen LogP contribution in [0, 0.1) is 6.92 Å². The zero-order chi connectivity index (χ0) is 25.5. The van der Waals surface area contributed by atoms with Crippen molar-refractivity contribution in [2.45, 2.75) is 51.4 Å². The van der Waals surface area contributed by atoms with Crippen molar-refractivity contribution in [2.24, 2.45) is 0 Å². The van der Waals surface area contributed by atoms with Crippen LogP contribution in [0.1, 0.15) is 30.0 Å². The van der Waals surface area contributed by atoms with Gasteiger partial charge in [0, 0.05) is 6.42 Å². The van der Waals surface area contributed by atoms with Gasteiger partial charge in [-0.15, -0.1) is 0 Å². The second-order valence-electron chi connectivity index (χ2n) is 8.42. The maximum atomic E-state index is 13.5. The standard InChI is InChI=1S/C25H29N3O7/c1-15-7-6-10-18-11-20(23(32)27-19(13-29)12-21(30)31)28(22(15)18)24(33)16(2)26-25(34)35-14-17-8-4-3-5-9-17/h3-10,16,19-20,29H,11-14H2,1-2H3,(H,26,34)(H,27,32)(H,30,31). The van der Waals surface area contributed by atoms with Gasteiger partial charge in [-0.2, -0.15) is 0 Å². The van der Waals surface area contributed by atoms with Crippen LogP contribution in [0.5, 0.6) is 0 Å². The molecular formula is C25H29N3O7. The number of anilines is 1. The molecule has 0 radical (unpaired) electrons. The number of fused-ring (bicyclic) bond motifs is 1. The molecule has 0 bridgehead atoms. The van der Waals surface area contributed by atoms with E-state index >= 15 is 0 Å². The van der Waals surface area contributed by atoms with E-state index in [2.05, 4.69) is 10.6 Å². The van der Waals surface area contributed by atoms with Crippen LogP contribution in [0.15, 0.2) is 48.5 Å². The number of carbonyl (C=O) groups excluding carboxylic acids is 3. The third-order valence-corrected chi connectivity index (χ3v) is 5.73. The fourth-order valence-corrected chi connectivity index (χ4v) is 4.04. The maximum Gasteiger partial charge on any atom is 0.408 e. The highest BCUT2D eigenvalue weighted by Gasteiger charge is 2.41. The number of aliphatic carboxylic acids is 1. The van der Waals surface area contributed by atoms with Crippen LogP contribution in [0.2, 0.25) is 0 Å². The predicted octanol–water partition coefficient (Wildman–Crippen LogP) is 1.52. The van der Waals surface area contributed by atoms with Gasteiger partial charge in [0.25, 0.3) is 0 Å². The van der Waals surface area contributed by atoms with Gasteiger partial charge in [0.05, 0.1) is 24.8 Å². The number of carboxylic acid groups (broad SMARTS) is 1. The molecule has 3 amide bonds. The van der Waals surface area contributed by atoms with Crippen molar-refractivity contribution in [1.82, 2.24) is 10.6 Å². The van der Waals surface area contributed by atoms with Crippen molar-refractivity contribution in [3.05, 3.63) is 65.2 Å². The first kappa shape index (κ1) is 25.7. The molecule has 0 fully saturated rings. The molecule has 10 heteroatoms. The van der Waals surface area contributed by atoms with Crippen LogP contribution in [0.3, 0.4) is 0 Å². The van der Waals surface area contributed by atoms with Crippen LogP contribution in [0.25, 0.3) is 0 Å². The third kappa shape index (κ3) is 6.36. The summed E-state index contributed by atoms with van der Waals surface area (Å²) >= 11 is 0. The Morgan fingerprint density at radius 3 is 2.46 bits per heavy atom. The molecular weight excluding hydrogens is 454 g/mol. The lowest BCUT2D eigenvalue weighted by Crippen LogP contribution is -2.56. The lowest BCUT2D eigenvalue weighted by atomic mass is 10.1. The largest absolute Gasteiger partial charge is 0.481 e. The number of rotatable bonds is 9. The van der Waals surface area contributed by atoms with Crippen LogP contribution >= 0.6 is 0 Å². The summed E-state index contributed by atoms with van der Waals surface area (Å²) in [5.41, 5.74) is 2.91. The number of aliphatic hydroxyl groups is 1. The predicted molar refractivity (Wildman–Crippen MR) is 127 cm³/mol. The van der Waals surface area contributed by atoms with Crippen LogP contribution in [0.4, 0.5) is 10.5 Å². The fourth-order valence-electron chi connectivity index (χ4n) is 4.04. The monoisotopic (exact) mass is 483 g/mol. The average Bonchev–Trinajstić information content (AvgIpc) is 3.23. The number of carbonyl (C=O) groups is 4. The van der Waals surface area contributed by atoms with Gasteiger partial charge in [-0.3, -0.25) is 19.3 Å². The molecule has 0 aliphatic carbocycles. The number of carboxylic acids is 1. The number of ether oxygens (including phenoxy) is 1. The molecule has 1 aliphatic heterocycles. The van der Waals surface area contributed by atoms with E-state index in [1.807, 2.05) is 43.3 Å². The van der Waals surface area contributed by atoms with Crippen molar-refractivity contribution < 1.29 is 34.1 Å². The minimum atomic E-state index is -1.17. The van der Waals surface area contributed by atoms with E-state index in [9.17, 15) is 24.3 Å². The van der Waals surface area contributed by atoms with E-state index in [0.29, 0.717) is 5.69 Å². The van der Waals surface area contributed by atoms with E-state index in [1.54, 1.807) is 12.1 Å². The molecule has 186 valence electrons. The van der Waals surface area contributed by atoms with E-state index in [4.69, 9.17) is 9.84 Å². The minimum absolute atomic E-state index is 0.0381. The van der Waals surface area contributed by atoms with Crippen LogP contribution in [-0.4, -0.2) is 58.8 Å². The Hall–Kier alpha value is -3.92. The summed E-state index contributed by atoms with van der Waals surface area (Å²) < 4.78 is 5.20. The second kappa shape index (κ2) is 11.5. The lowest BCUT2D eigenvalue weighted by molar-refractivity contribution is -0.138. The summed E-state index contributed by atoms with van der Waals surface area (Å²) in [6, 6.07) is 11.6. The van der Waals surface area contributed by atoms with Crippen LogP contribution < -0.4 is 15.5 Å². The highest BCUT2D eigenvalue weighted by molar-refractivity contribution is 6.07. The second-order valence-corrected chi connectivity index (χ2v) is 8.42. The molecule has 0 spiro atoms. The Morgan fingerprint density at radius 1 is 1.09 bits per heavy atom. The molecule has 0 saturated heterocycles. The number of benzene rings is 2. The number of nitrogens with zero attached hydrogens (tertiary/aromatic N) is 1. The Bertz CT molecular complexity index is 1090. The summed E-state index contributed by atoms with van der Waals surface area (Å²) in [5.74, 6) is -2.28. The molecule has 1 aliphatic rings. The Balaban J connectivity index is 1.74. The molecule has 0 aromatic heterocycles. The normalized spacial score (nSPS) is 16.1. The van der Waals surface area contributed by atoms with Gasteiger partial charge in [0.1, 0.15) is 18.7 Å². The SMILES string of the molecule is Cc1cccc2c1N(C(=O)C(C)NC(=O)OCc1ccccc1)C(C(=O)NC(CO)CC(=O)O)C2. The molecule has 35 heavy (non-hydrogen) atoms. The Morgan fingerprint density at radius 2 is 1.80 bits per heavy atom. The number of hydrogen-bond donors (Lipinski definition) is 4. The smallest absolute Gasteiger partial charge is 0.408 e. The number of nitrogens with one attached hydrogen (secondary N) is 2. The van der Waals surface area contributed by atoms with Gasteiger partial charge in [-0.1, -0.05) is 48.5 Å². The number of hydrogen-bond acceptors (Lipinski definition) is 6. The summed E-state index contributed by atoms with van der Waals surface area (Å²) in [5, 5.41) is 23.5. The summed E-state index contributed by atoms with van der Waals surface area (Å²) in [7, 11) is 0. The highest BCUT2D eigenvalue weighted by Crippen LogP contribution is 2.36. The lowest BCUT2D eigenvalue weighted by Gasteiger charge is -2.29. The van der Waals surface area contributed by atoms with E-state index in [0.717, 1.165) is 16.7 Å². The van der Waals surface area contributed by atoms with Gasteiger partial charge in [-0.25, -0.2) is 4.79 Å². The number of aliphatic hydroxyl groups excluding tert-OH is 1. The number of para-hydroxylation sites is 1. The quantitative estimate of drug-likeness (QED) is 0.423. The van der Waals surface area contributed by atoms with Gasteiger partial charge in [0.2, 0.25) is 11.8 Å². The molecule has 3 rings (SSSR count). The molecule has 3 unspecified atom stereocenters. The molecule has 0 saturated carbocycles. The molecule has 2 aromatic carbocycles. The summed E-state index contributed by atoms with van der Waals surface area (Å²) in [6.07, 6.45) is -1.02. The minimum Gasteiger partial charge on any atom is -0.481 e. The number of amides is 3. The first-order valence-electron chi connectivity index (χ1n) is 11.2. The number of aryl methyl sites for hydroxylation is 1. The summed E-state index contributed by atoms with van der Waals surface area (Å²) in [6.45, 7) is 2.79. The fraction of sp³-hybridized carbons (Fsp3) is 0.360. The molecule has 10 nitrogen and oxygen atoms in total. The molecule has 3 atom stereocenters. The van der Waals surface area contributed by atoms with Crippen molar-refractivity contribution in [3.8, 4) is 0 Å². The molecule has 4 N–H and O–H groups in total. The first-order chi connectivity index (χ1) is 16.7. The Labute approximate surface area is 202 Å². The molecule has 1 heterocycles. The summed E-state index contributed by atoms with van der Waals surface area (Å²) in [4.78, 5) is 51.2. The zero-order valence-electron chi connectivity index (χ0n) is 19.6. The van der Waals surface area contributed by atoms with Crippen molar-refractivity contribution in [3.63, 3.8) is 0 Å². The first-order valence-corrected chi connectivity index (χ1v) is 11.2. The van der Waals surface area contributed by atoms with E-state index in [-0.39, 0.29) is 13.0 Å². The van der Waals surface area contributed by atoms with E-state index in [1.165, 1.54) is 11.8 Å². The van der Waals surface area contributed by atoms with E-state index < -0.39 is 55.0 Å². The molecule has 2 aromatic rings. The number of alkyl carbamates (subject to hydrolysis) is 1. The van der Waals surface area contributed by atoms with Crippen molar-refractivity contribution in [2.75, 3.05) is 11.5 Å². The Kier molecular flexibility index (Phi) is 8.43. The third-order valence-electron chi connectivity index (χ3n) is 5.73. The zero-order valence-corrected chi connectivity index (χ0v) is 19.6. The highest BCUT2D eigenvalue weighted by atomic mass is 16.5. The van der Waals surface area contributed by atoms with Gasteiger partial charge in [-0.05, 0) is 30.5 Å². The van der Waals surface area contributed by atoms with Crippen molar-refractivity contribution in [1.29, 1.82) is 0 Å². The maximum absolute atomic E-state index is 13.5. The average molecular weight is 484 g/mol. The van der Waals surface area contributed by atoms with Gasteiger partial charge < -0.3 is 25.6 Å². The van der Waals surface area contributed by atoms with Crippen LogP contribution in [-0.2, 0) is 32.1 Å².